The van der Waals surface area contributed by atoms with Gasteiger partial charge in [0.15, 0.2) is 0 Å². The summed E-state index contributed by atoms with van der Waals surface area (Å²) in [5.74, 6) is 0.242. The Morgan fingerprint density at radius 3 is 2.88 bits per heavy atom. The van der Waals surface area contributed by atoms with Gasteiger partial charge in [0.25, 0.3) is 0 Å². The lowest BCUT2D eigenvalue weighted by molar-refractivity contribution is -0.148. The number of nitrogens with zero attached hydrogens (tertiary/aromatic N) is 1. The molecule has 0 spiro atoms. The summed E-state index contributed by atoms with van der Waals surface area (Å²) >= 11 is 0. The van der Waals surface area contributed by atoms with E-state index in [1.807, 2.05) is 13.8 Å². The Hall–Kier alpha value is -0.650. The van der Waals surface area contributed by atoms with Crippen molar-refractivity contribution in [3.63, 3.8) is 0 Å². The number of hydrogen-bond acceptors (Lipinski definition) is 4. The minimum absolute atomic E-state index is 0.0621. The molecule has 1 rings (SSSR count). The van der Waals surface area contributed by atoms with Crippen LogP contribution in [0.25, 0.3) is 0 Å². The van der Waals surface area contributed by atoms with Crippen molar-refractivity contribution in [2.75, 3.05) is 26.2 Å². The highest BCUT2D eigenvalue weighted by molar-refractivity contribution is 5.76. The quantitative estimate of drug-likeness (QED) is 0.464. The third-order valence-electron chi connectivity index (χ3n) is 2.68. The molecule has 16 heavy (non-hydrogen) atoms. The predicted molar refractivity (Wildman–Crippen MR) is 63.6 cm³/mol. The first-order valence-corrected chi connectivity index (χ1v) is 5.77. The zero-order valence-corrected chi connectivity index (χ0v) is 10.2. The summed E-state index contributed by atoms with van der Waals surface area (Å²) in [5.41, 5.74) is 5.11. The summed E-state index contributed by atoms with van der Waals surface area (Å²) in [7, 11) is 0. The number of aliphatic hydroxyl groups excluding tert-OH is 1. The van der Waals surface area contributed by atoms with Crippen molar-refractivity contribution in [2.45, 2.75) is 38.4 Å². The fourth-order valence-electron chi connectivity index (χ4n) is 2.18. The molecule has 1 unspecified atom stereocenters. The summed E-state index contributed by atoms with van der Waals surface area (Å²) in [4.78, 5) is 2.27. The normalized spacial score (nSPS) is 25.6. The predicted octanol–water partition coefficient (Wildman–Crippen LogP) is 0.174. The molecule has 0 bridgehead atoms. The summed E-state index contributed by atoms with van der Waals surface area (Å²) in [6.45, 7) is 6.66. The monoisotopic (exact) mass is 229 g/mol. The van der Waals surface area contributed by atoms with E-state index in [1.165, 1.54) is 0 Å². The smallest absolute Gasteiger partial charge is 0.0940 e. The first-order valence-electron chi connectivity index (χ1n) is 5.77. The number of morpholine rings is 1. The van der Waals surface area contributed by atoms with Crippen molar-refractivity contribution in [2.24, 2.45) is 5.73 Å². The van der Waals surface area contributed by atoms with E-state index in [2.05, 4.69) is 4.90 Å². The maximum atomic E-state index is 9.15. The molecule has 4 N–H and O–H groups in total. The molecule has 0 aromatic carbocycles. The second kappa shape index (κ2) is 5.61. The molecule has 5 nitrogen and oxygen atoms in total. The van der Waals surface area contributed by atoms with E-state index in [9.17, 15) is 0 Å². The molecular formula is C11H23N3O2. The Morgan fingerprint density at radius 1 is 1.62 bits per heavy atom. The van der Waals surface area contributed by atoms with Crippen LogP contribution in [0.5, 0.6) is 0 Å². The van der Waals surface area contributed by atoms with Gasteiger partial charge in [0.2, 0.25) is 0 Å². The van der Waals surface area contributed by atoms with Crippen LogP contribution < -0.4 is 5.73 Å². The topological polar surface area (TPSA) is 82.6 Å². The SMILES string of the molecule is CC1(C)CN(CCCC(=N)N)CC(CO)O1. The molecule has 0 radical (unpaired) electrons. The molecule has 0 amide bonds. The minimum Gasteiger partial charge on any atom is -0.394 e. The molecule has 0 aliphatic carbocycles. The van der Waals surface area contributed by atoms with E-state index in [4.69, 9.17) is 21.0 Å². The van der Waals surface area contributed by atoms with Gasteiger partial charge in [-0.2, -0.15) is 0 Å². The molecule has 1 saturated heterocycles. The van der Waals surface area contributed by atoms with Gasteiger partial charge in [0, 0.05) is 19.5 Å². The standard InChI is InChI=1S/C11H23N3O2/c1-11(2)8-14(5-3-4-10(12)13)6-9(7-15)16-11/h9,15H,3-8H2,1-2H3,(H3,12,13). The summed E-state index contributed by atoms with van der Waals surface area (Å²) in [5, 5.41) is 16.3. The number of nitrogens with one attached hydrogen (secondary N) is 1. The van der Waals surface area contributed by atoms with Gasteiger partial charge in [-0.1, -0.05) is 0 Å². The Labute approximate surface area is 97.1 Å². The van der Waals surface area contributed by atoms with Crippen LogP contribution in [0.1, 0.15) is 26.7 Å². The van der Waals surface area contributed by atoms with Crippen molar-refractivity contribution >= 4 is 5.84 Å². The molecule has 1 aliphatic heterocycles. The van der Waals surface area contributed by atoms with E-state index in [1.54, 1.807) is 0 Å². The summed E-state index contributed by atoms with van der Waals surface area (Å²) in [6, 6.07) is 0. The first-order chi connectivity index (χ1) is 7.43. The number of nitrogens with two attached hydrogens (primary N) is 1. The molecule has 1 aliphatic rings. The Balaban J connectivity index is 2.38. The van der Waals surface area contributed by atoms with Crippen LogP contribution in [0, 0.1) is 5.41 Å². The highest BCUT2D eigenvalue weighted by Gasteiger charge is 2.32. The minimum atomic E-state index is -0.206. The second-order valence-electron chi connectivity index (χ2n) is 5.05. The van der Waals surface area contributed by atoms with Gasteiger partial charge in [0.1, 0.15) is 0 Å². The highest BCUT2D eigenvalue weighted by Crippen LogP contribution is 2.20. The zero-order chi connectivity index (χ0) is 12.2. The molecule has 1 fully saturated rings. The van der Waals surface area contributed by atoms with Crippen LogP contribution in [0.3, 0.4) is 0 Å². The number of ether oxygens (including phenoxy) is 1. The van der Waals surface area contributed by atoms with Gasteiger partial charge >= 0.3 is 0 Å². The Morgan fingerprint density at radius 2 is 2.31 bits per heavy atom. The van der Waals surface area contributed by atoms with Gasteiger partial charge in [-0.15, -0.1) is 0 Å². The number of hydrogen-bond donors (Lipinski definition) is 3. The fourth-order valence-corrected chi connectivity index (χ4v) is 2.18. The Kier molecular flexibility index (Phi) is 4.70. The summed E-state index contributed by atoms with van der Waals surface area (Å²) < 4.78 is 5.72. The van der Waals surface area contributed by atoms with E-state index < -0.39 is 0 Å². The second-order valence-corrected chi connectivity index (χ2v) is 5.05. The molecular weight excluding hydrogens is 206 g/mol. The van der Waals surface area contributed by atoms with Gasteiger partial charge in [-0.3, -0.25) is 10.3 Å². The number of rotatable bonds is 5. The first kappa shape index (κ1) is 13.4. The van der Waals surface area contributed by atoms with Crippen LogP contribution in [-0.4, -0.2) is 53.8 Å². The third-order valence-corrected chi connectivity index (χ3v) is 2.68. The molecule has 0 aromatic heterocycles. The average Bonchev–Trinajstić information content (AvgIpc) is 2.14. The van der Waals surface area contributed by atoms with Gasteiger partial charge in [-0.25, -0.2) is 0 Å². The lowest BCUT2D eigenvalue weighted by Crippen LogP contribution is -2.53. The highest BCUT2D eigenvalue weighted by atomic mass is 16.5. The van der Waals surface area contributed by atoms with Crippen molar-refractivity contribution in [1.29, 1.82) is 5.41 Å². The fraction of sp³-hybridized carbons (Fsp3) is 0.909. The van der Waals surface area contributed by atoms with Crippen molar-refractivity contribution in [3.05, 3.63) is 0 Å². The lowest BCUT2D eigenvalue weighted by Gasteiger charge is -2.42. The van der Waals surface area contributed by atoms with Crippen LogP contribution >= 0.6 is 0 Å². The maximum absolute atomic E-state index is 9.15. The van der Waals surface area contributed by atoms with Crippen LogP contribution in [-0.2, 0) is 4.74 Å². The van der Waals surface area contributed by atoms with E-state index in [-0.39, 0.29) is 24.1 Å². The van der Waals surface area contributed by atoms with E-state index >= 15 is 0 Å². The van der Waals surface area contributed by atoms with Gasteiger partial charge < -0.3 is 15.6 Å². The average molecular weight is 229 g/mol. The largest absolute Gasteiger partial charge is 0.394 e. The van der Waals surface area contributed by atoms with Crippen LogP contribution in [0.4, 0.5) is 0 Å². The van der Waals surface area contributed by atoms with Crippen molar-refractivity contribution in [1.82, 2.24) is 4.90 Å². The van der Waals surface area contributed by atoms with Crippen molar-refractivity contribution < 1.29 is 9.84 Å². The van der Waals surface area contributed by atoms with E-state index in [0.717, 1.165) is 26.1 Å². The van der Waals surface area contributed by atoms with Crippen molar-refractivity contribution in [3.8, 4) is 0 Å². The number of aliphatic hydroxyl groups is 1. The Bertz CT molecular complexity index is 243. The van der Waals surface area contributed by atoms with Gasteiger partial charge in [-0.05, 0) is 26.8 Å². The lowest BCUT2D eigenvalue weighted by atomic mass is 10.0. The maximum Gasteiger partial charge on any atom is 0.0940 e. The van der Waals surface area contributed by atoms with Gasteiger partial charge in [0.05, 0.1) is 24.1 Å². The number of amidine groups is 1. The molecule has 5 heteroatoms. The molecule has 0 aromatic rings. The molecule has 1 heterocycles. The van der Waals surface area contributed by atoms with Crippen LogP contribution in [0.2, 0.25) is 0 Å². The molecule has 94 valence electrons. The molecule has 1 atom stereocenters. The third kappa shape index (κ3) is 4.47. The van der Waals surface area contributed by atoms with Crippen LogP contribution in [0.15, 0.2) is 0 Å². The summed E-state index contributed by atoms with van der Waals surface area (Å²) in [6.07, 6.45) is 1.44. The molecule has 0 saturated carbocycles. The zero-order valence-electron chi connectivity index (χ0n) is 10.2. The van der Waals surface area contributed by atoms with E-state index in [0.29, 0.717) is 6.42 Å².